The van der Waals surface area contributed by atoms with Crippen molar-refractivity contribution in [3.8, 4) is 5.75 Å². The van der Waals surface area contributed by atoms with Crippen molar-refractivity contribution >= 4 is 22.6 Å². The molecule has 0 atom stereocenters. The first-order valence-corrected chi connectivity index (χ1v) is 6.42. The van der Waals surface area contributed by atoms with Gasteiger partial charge in [-0.05, 0) is 24.3 Å². The van der Waals surface area contributed by atoms with Crippen LogP contribution in [0, 0.1) is 11.2 Å². The largest absolute Gasteiger partial charge is 0.504 e. The molecule has 3 aromatic rings. The maximum Gasteiger partial charge on any atom is 0.261 e. The average Bonchev–Trinajstić information content (AvgIpc) is 2.50. The zero-order chi connectivity index (χ0) is 15.7. The van der Waals surface area contributed by atoms with E-state index in [4.69, 9.17) is 9.83 Å². The Hall–Kier alpha value is -3.15. The van der Waals surface area contributed by atoms with Crippen LogP contribution in [-0.4, -0.2) is 11.0 Å². The number of hydrogen-bond acceptors (Lipinski definition) is 4. The van der Waals surface area contributed by atoms with Gasteiger partial charge in [-0.25, -0.2) is 4.39 Å². The van der Waals surface area contributed by atoms with Gasteiger partial charge < -0.3 is 14.8 Å². The minimum Gasteiger partial charge on any atom is -0.504 e. The third-order valence-corrected chi connectivity index (χ3v) is 3.14. The van der Waals surface area contributed by atoms with Crippen LogP contribution in [0.2, 0.25) is 0 Å². The fourth-order valence-corrected chi connectivity index (χ4v) is 2.07. The molecule has 1 amide bonds. The van der Waals surface area contributed by atoms with Crippen LogP contribution in [0.15, 0.2) is 52.9 Å². The molecule has 0 fully saturated rings. The number of anilines is 1. The molecule has 0 aliphatic carbocycles. The van der Waals surface area contributed by atoms with Crippen LogP contribution >= 0.6 is 0 Å². The number of aromatic hydroxyl groups is 1. The van der Waals surface area contributed by atoms with Crippen molar-refractivity contribution in [3.63, 3.8) is 0 Å². The summed E-state index contributed by atoms with van der Waals surface area (Å²) in [5, 5.41) is 20.3. The van der Waals surface area contributed by atoms with E-state index in [-0.39, 0.29) is 22.6 Å². The lowest BCUT2D eigenvalue weighted by molar-refractivity contribution is 0.102. The normalized spacial score (nSPS) is 10.6. The van der Waals surface area contributed by atoms with Gasteiger partial charge in [0, 0.05) is 5.39 Å². The number of para-hydroxylation sites is 2. The predicted octanol–water partition coefficient (Wildman–Crippen LogP) is 3.01. The quantitative estimate of drug-likeness (QED) is 0.679. The summed E-state index contributed by atoms with van der Waals surface area (Å²) in [5.41, 5.74) is -0.331. The number of phenols is 1. The molecule has 1 heterocycles. The lowest BCUT2D eigenvalue weighted by Gasteiger charge is -2.07. The number of rotatable bonds is 2. The minimum absolute atomic E-state index is 0.0166. The zero-order valence-electron chi connectivity index (χ0n) is 11.3. The first kappa shape index (κ1) is 13.8. The molecular weight excluding hydrogens is 287 g/mol. The van der Waals surface area contributed by atoms with Crippen molar-refractivity contribution in [2.45, 2.75) is 0 Å². The molecule has 0 spiro atoms. The molecular formula is C16H11FN2O3. The van der Waals surface area contributed by atoms with Crippen molar-refractivity contribution in [1.82, 2.24) is 0 Å². The summed E-state index contributed by atoms with van der Waals surface area (Å²) in [6.45, 7) is 0. The lowest BCUT2D eigenvalue weighted by Crippen LogP contribution is -2.21. The van der Waals surface area contributed by atoms with Gasteiger partial charge in [-0.1, -0.05) is 24.3 Å². The first-order valence-electron chi connectivity index (χ1n) is 6.42. The number of hydrogen-bond donors (Lipinski definition) is 3. The molecule has 0 radical (unpaired) electrons. The Morgan fingerprint density at radius 3 is 2.73 bits per heavy atom. The summed E-state index contributed by atoms with van der Waals surface area (Å²) >= 11 is 0. The Morgan fingerprint density at radius 1 is 1.18 bits per heavy atom. The van der Waals surface area contributed by atoms with Crippen LogP contribution < -0.4 is 10.9 Å². The number of fused-ring (bicyclic) bond motifs is 1. The first-order chi connectivity index (χ1) is 10.6. The molecule has 0 aliphatic rings. The highest BCUT2D eigenvalue weighted by Crippen LogP contribution is 2.23. The molecule has 3 N–H and O–H groups in total. The van der Waals surface area contributed by atoms with E-state index in [1.54, 1.807) is 18.2 Å². The predicted molar refractivity (Wildman–Crippen MR) is 78.1 cm³/mol. The second-order valence-electron chi connectivity index (χ2n) is 4.62. The van der Waals surface area contributed by atoms with Gasteiger partial charge in [0.2, 0.25) is 5.55 Å². The van der Waals surface area contributed by atoms with E-state index in [1.165, 1.54) is 30.3 Å². The monoisotopic (exact) mass is 298 g/mol. The van der Waals surface area contributed by atoms with Crippen molar-refractivity contribution in [1.29, 1.82) is 5.41 Å². The van der Waals surface area contributed by atoms with Crippen molar-refractivity contribution in [2.24, 2.45) is 0 Å². The number of amides is 1. The maximum atomic E-state index is 13.6. The second-order valence-corrected chi connectivity index (χ2v) is 4.62. The van der Waals surface area contributed by atoms with Gasteiger partial charge in [0.05, 0.1) is 5.69 Å². The van der Waals surface area contributed by atoms with Crippen LogP contribution in [0.4, 0.5) is 10.1 Å². The fraction of sp³-hybridized carbons (Fsp3) is 0. The van der Waals surface area contributed by atoms with Crippen LogP contribution in [0.3, 0.4) is 0 Å². The molecule has 5 nitrogen and oxygen atoms in total. The molecule has 0 aliphatic heterocycles. The molecule has 1 aromatic heterocycles. The molecule has 0 bridgehead atoms. The van der Waals surface area contributed by atoms with Gasteiger partial charge in [-0.3, -0.25) is 10.2 Å². The van der Waals surface area contributed by atoms with Crippen molar-refractivity contribution < 1.29 is 18.7 Å². The molecule has 22 heavy (non-hydrogen) atoms. The van der Waals surface area contributed by atoms with Crippen molar-refractivity contribution in [3.05, 3.63) is 65.5 Å². The Kier molecular flexibility index (Phi) is 3.34. The van der Waals surface area contributed by atoms with Gasteiger partial charge in [-0.15, -0.1) is 0 Å². The summed E-state index contributed by atoms with van der Waals surface area (Å²) < 4.78 is 18.7. The van der Waals surface area contributed by atoms with Crippen LogP contribution in [0.25, 0.3) is 11.0 Å². The Morgan fingerprint density at radius 2 is 1.95 bits per heavy atom. The van der Waals surface area contributed by atoms with E-state index in [0.29, 0.717) is 5.39 Å². The number of phenolic OH excluding ortho intramolecular Hbond substituents is 1. The molecule has 3 rings (SSSR count). The van der Waals surface area contributed by atoms with Crippen LogP contribution in [-0.2, 0) is 0 Å². The molecule has 0 unspecified atom stereocenters. The Bertz CT molecular complexity index is 934. The van der Waals surface area contributed by atoms with Gasteiger partial charge in [-0.2, -0.15) is 0 Å². The van der Waals surface area contributed by atoms with E-state index in [0.717, 1.165) is 0 Å². The molecule has 6 heteroatoms. The van der Waals surface area contributed by atoms with E-state index < -0.39 is 17.3 Å². The number of benzene rings is 2. The molecule has 110 valence electrons. The number of carbonyl (C=O) groups is 1. The highest BCUT2D eigenvalue weighted by Gasteiger charge is 2.14. The fourth-order valence-electron chi connectivity index (χ4n) is 2.07. The summed E-state index contributed by atoms with van der Waals surface area (Å²) in [7, 11) is 0. The van der Waals surface area contributed by atoms with Crippen molar-refractivity contribution in [2.75, 3.05) is 5.32 Å². The number of nitrogens with one attached hydrogen (secondary N) is 2. The minimum atomic E-state index is -0.663. The topological polar surface area (TPSA) is 86.3 Å². The Balaban J connectivity index is 2.03. The summed E-state index contributed by atoms with van der Waals surface area (Å²) in [5.74, 6) is -1.35. The van der Waals surface area contributed by atoms with E-state index in [1.807, 2.05) is 0 Å². The highest BCUT2D eigenvalue weighted by molar-refractivity contribution is 6.05. The van der Waals surface area contributed by atoms with E-state index in [9.17, 15) is 14.3 Å². The molecule has 0 saturated heterocycles. The van der Waals surface area contributed by atoms with Gasteiger partial charge in [0.15, 0.2) is 11.3 Å². The third-order valence-electron chi connectivity index (χ3n) is 3.14. The highest BCUT2D eigenvalue weighted by atomic mass is 19.1. The van der Waals surface area contributed by atoms with Crippen LogP contribution in [0.1, 0.15) is 10.4 Å². The average molecular weight is 298 g/mol. The Labute approximate surface area is 124 Å². The van der Waals surface area contributed by atoms with Crippen LogP contribution in [0.5, 0.6) is 5.75 Å². The van der Waals surface area contributed by atoms with E-state index in [2.05, 4.69) is 5.32 Å². The smallest absolute Gasteiger partial charge is 0.261 e. The third kappa shape index (κ3) is 2.42. The maximum absolute atomic E-state index is 13.6. The summed E-state index contributed by atoms with van der Waals surface area (Å²) in [6.07, 6.45) is 0. The van der Waals surface area contributed by atoms with Gasteiger partial charge >= 0.3 is 0 Å². The number of carbonyl (C=O) groups excluding carboxylic acids is 1. The SMILES string of the molecule is N=c1oc2c(O)cccc2cc1C(=O)Nc1ccccc1F. The summed E-state index contributed by atoms with van der Waals surface area (Å²) in [4.78, 5) is 12.2. The molecule has 0 saturated carbocycles. The molecule has 2 aromatic carbocycles. The van der Waals surface area contributed by atoms with Gasteiger partial charge in [0.1, 0.15) is 11.4 Å². The van der Waals surface area contributed by atoms with E-state index >= 15 is 0 Å². The van der Waals surface area contributed by atoms with Gasteiger partial charge in [0.25, 0.3) is 5.91 Å². The number of halogens is 1. The zero-order valence-corrected chi connectivity index (χ0v) is 11.3. The summed E-state index contributed by atoms with van der Waals surface area (Å²) in [6, 6.07) is 11.8. The standard InChI is InChI=1S/C16H11FN2O3/c17-11-5-1-2-6-12(11)19-16(21)10-8-9-4-3-7-13(20)14(9)22-15(10)18/h1-8,18,20H,(H,19,21). The lowest BCUT2D eigenvalue weighted by atomic mass is 10.1. The second kappa shape index (κ2) is 5.33.